The molecule has 0 aromatic carbocycles. The van der Waals surface area contributed by atoms with Crippen LogP contribution < -0.4 is 0 Å². The van der Waals surface area contributed by atoms with Crippen LogP contribution in [0.1, 0.15) is 12.8 Å². The molecule has 0 saturated heterocycles. The molecule has 0 bridgehead atoms. The standard InChI is InChI=1S/C4H6O4.2Na/c5-3(6)1-2-4(7)8;;/h1-2H2,(H,5,6)(H,7,8);;. The Bertz CT molecular complexity index is 99.8. The van der Waals surface area contributed by atoms with Crippen LogP contribution in [-0.4, -0.2) is 81.3 Å². The third-order valence-electron chi connectivity index (χ3n) is 0.553. The molecule has 0 aliphatic heterocycles. The molecule has 0 aromatic heterocycles. The van der Waals surface area contributed by atoms with Crippen LogP contribution in [0.5, 0.6) is 0 Å². The minimum Gasteiger partial charge on any atom is -0.481 e. The fourth-order valence-electron chi connectivity index (χ4n) is 0.214. The number of hydrogen-bond donors (Lipinski definition) is 2. The summed E-state index contributed by atoms with van der Waals surface area (Å²) in [6.07, 6.45) is -0.593. The van der Waals surface area contributed by atoms with E-state index in [0.717, 1.165) is 0 Å². The average molecular weight is 164 g/mol. The van der Waals surface area contributed by atoms with Gasteiger partial charge in [-0.1, -0.05) is 0 Å². The van der Waals surface area contributed by atoms with Gasteiger partial charge in [-0.2, -0.15) is 0 Å². The molecule has 10 heavy (non-hydrogen) atoms. The maximum atomic E-state index is 9.64. The van der Waals surface area contributed by atoms with E-state index >= 15 is 0 Å². The number of carboxylic acids is 2. The Kier molecular flexibility index (Phi) is 17.0. The molecule has 0 aromatic rings. The molecule has 0 fully saturated rings. The van der Waals surface area contributed by atoms with Crippen molar-refractivity contribution in [3.8, 4) is 0 Å². The summed E-state index contributed by atoms with van der Waals surface area (Å²) < 4.78 is 0. The van der Waals surface area contributed by atoms with E-state index in [2.05, 4.69) is 0 Å². The van der Waals surface area contributed by atoms with E-state index in [-0.39, 0.29) is 72.0 Å². The third-order valence-corrected chi connectivity index (χ3v) is 0.553. The van der Waals surface area contributed by atoms with Crippen molar-refractivity contribution in [1.29, 1.82) is 0 Å². The number of carboxylic acid groups (broad SMARTS) is 2. The molecule has 0 unspecified atom stereocenters. The van der Waals surface area contributed by atoms with Gasteiger partial charge in [0, 0.05) is 59.1 Å². The average Bonchev–Trinajstić information content (AvgIpc) is 1.61. The van der Waals surface area contributed by atoms with Gasteiger partial charge in [-0.3, -0.25) is 9.59 Å². The van der Waals surface area contributed by atoms with Gasteiger partial charge in [0.25, 0.3) is 0 Å². The molecule has 6 heteroatoms. The van der Waals surface area contributed by atoms with Gasteiger partial charge in [0.1, 0.15) is 0 Å². The molecule has 0 atom stereocenters. The Morgan fingerprint density at radius 3 is 1.20 bits per heavy atom. The van der Waals surface area contributed by atoms with Gasteiger partial charge >= 0.3 is 11.9 Å². The van der Waals surface area contributed by atoms with Crippen molar-refractivity contribution >= 4 is 71.1 Å². The number of carbonyl (C=O) groups is 2. The van der Waals surface area contributed by atoms with Crippen molar-refractivity contribution in [3.63, 3.8) is 0 Å². The van der Waals surface area contributed by atoms with Gasteiger partial charge in [-0.25, -0.2) is 0 Å². The summed E-state index contributed by atoms with van der Waals surface area (Å²) in [4.78, 5) is 19.3. The summed E-state index contributed by atoms with van der Waals surface area (Å²) in [6, 6.07) is 0. The second-order valence-electron chi connectivity index (χ2n) is 1.29. The van der Waals surface area contributed by atoms with E-state index in [1.807, 2.05) is 0 Å². The molecule has 4 nitrogen and oxygen atoms in total. The largest absolute Gasteiger partial charge is 0.481 e. The van der Waals surface area contributed by atoms with Crippen LogP contribution in [0, 0.1) is 0 Å². The molecule has 0 saturated carbocycles. The predicted octanol–water partition coefficient (Wildman–Crippen LogP) is -0.826. The number of aliphatic carboxylic acids is 2. The molecular weight excluding hydrogens is 158 g/mol. The second kappa shape index (κ2) is 9.94. The van der Waals surface area contributed by atoms with Gasteiger partial charge in [0.2, 0.25) is 0 Å². The quantitative estimate of drug-likeness (QED) is 0.534. The van der Waals surface area contributed by atoms with Crippen molar-refractivity contribution in [2.45, 2.75) is 12.8 Å². The topological polar surface area (TPSA) is 74.6 Å². The fraction of sp³-hybridized carbons (Fsp3) is 0.500. The van der Waals surface area contributed by atoms with E-state index in [9.17, 15) is 9.59 Å². The monoisotopic (exact) mass is 164 g/mol. The molecule has 0 heterocycles. The molecule has 0 aliphatic carbocycles. The molecule has 0 aliphatic rings. The molecule has 0 spiro atoms. The zero-order valence-corrected chi connectivity index (χ0v) is 10.1. The minimum absolute atomic E-state index is 0. The first-order valence-electron chi connectivity index (χ1n) is 2.06. The molecule has 48 valence electrons. The first kappa shape index (κ1) is 17.1. The van der Waals surface area contributed by atoms with Crippen molar-refractivity contribution in [1.82, 2.24) is 0 Å². The SMILES string of the molecule is O=C(O)CCC(=O)O.[Na].[Na]. The molecular formula is C4H6Na2O4. The Hall–Kier alpha value is 0.940. The van der Waals surface area contributed by atoms with Crippen LogP contribution in [0.2, 0.25) is 0 Å². The van der Waals surface area contributed by atoms with Crippen LogP contribution in [-0.2, 0) is 9.59 Å². The van der Waals surface area contributed by atoms with Crippen LogP contribution in [0.25, 0.3) is 0 Å². The Labute approximate surface area is 103 Å². The third kappa shape index (κ3) is 16.0. The Balaban J connectivity index is -0.000000245. The summed E-state index contributed by atoms with van der Waals surface area (Å²) in [6.45, 7) is 0. The van der Waals surface area contributed by atoms with Crippen molar-refractivity contribution in [2.24, 2.45) is 0 Å². The zero-order valence-electron chi connectivity index (χ0n) is 6.13. The normalized spacial score (nSPS) is 6.80. The molecule has 0 amide bonds. The van der Waals surface area contributed by atoms with E-state index in [4.69, 9.17) is 10.2 Å². The number of rotatable bonds is 3. The molecule has 2 N–H and O–H groups in total. The van der Waals surface area contributed by atoms with Gasteiger partial charge in [0.05, 0.1) is 12.8 Å². The fourth-order valence-corrected chi connectivity index (χ4v) is 0.214. The van der Waals surface area contributed by atoms with Gasteiger partial charge in [0.15, 0.2) is 0 Å². The van der Waals surface area contributed by atoms with Crippen molar-refractivity contribution < 1.29 is 19.8 Å². The zero-order chi connectivity index (χ0) is 6.57. The maximum Gasteiger partial charge on any atom is 0.303 e. The van der Waals surface area contributed by atoms with Crippen molar-refractivity contribution in [3.05, 3.63) is 0 Å². The summed E-state index contributed by atoms with van der Waals surface area (Å²) in [5, 5.41) is 15.8. The van der Waals surface area contributed by atoms with Gasteiger partial charge in [-0.05, 0) is 0 Å². The Morgan fingerprint density at radius 1 is 0.900 bits per heavy atom. The van der Waals surface area contributed by atoms with Crippen LogP contribution in [0.15, 0.2) is 0 Å². The summed E-state index contributed by atoms with van der Waals surface area (Å²) in [7, 11) is 0. The minimum atomic E-state index is -1.08. The smallest absolute Gasteiger partial charge is 0.303 e. The van der Waals surface area contributed by atoms with E-state index < -0.39 is 11.9 Å². The Morgan fingerprint density at radius 2 is 1.10 bits per heavy atom. The first-order chi connectivity index (χ1) is 3.63. The van der Waals surface area contributed by atoms with Gasteiger partial charge < -0.3 is 10.2 Å². The first-order valence-corrected chi connectivity index (χ1v) is 2.06. The number of hydrogen-bond acceptors (Lipinski definition) is 2. The van der Waals surface area contributed by atoms with Crippen LogP contribution in [0.3, 0.4) is 0 Å². The van der Waals surface area contributed by atoms with Crippen LogP contribution >= 0.6 is 0 Å². The second-order valence-corrected chi connectivity index (χ2v) is 1.29. The van der Waals surface area contributed by atoms with Crippen LogP contribution in [0.4, 0.5) is 0 Å². The van der Waals surface area contributed by atoms with Crippen molar-refractivity contribution in [2.75, 3.05) is 0 Å². The van der Waals surface area contributed by atoms with E-state index in [1.165, 1.54) is 0 Å². The molecule has 0 rings (SSSR count). The predicted molar refractivity (Wildman–Crippen MR) is 36.0 cm³/mol. The maximum absolute atomic E-state index is 9.64. The molecule has 2 radical (unpaired) electrons. The summed E-state index contributed by atoms with van der Waals surface area (Å²) in [5.74, 6) is -2.15. The van der Waals surface area contributed by atoms with E-state index in [1.54, 1.807) is 0 Å². The van der Waals surface area contributed by atoms with E-state index in [0.29, 0.717) is 0 Å². The summed E-state index contributed by atoms with van der Waals surface area (Å²) >= 11 is 0. The van der Waals surface area contributed by atoms with Gasteiger partial charge in [-0.15, -0.1) is 0 Å². The summed E-state index contributed by atoms with van der Waals surface area (Å²) in [5.41, 5.74) is 0.